The van der Waals surface area contributed by atoms with E-state index < -0.39 is 47.0 Å². The number of benzene rings is 1. The van der Waals surface area contributed by atoms with E-state index in [9.17, 15) is 19.5 Å². The van der Waals surface area contributed by atoms with E-state index in [1.807, 2.05) is 27.7 Å². The van der Waals surface area contributed by atoms with Gasteiger partial charge in [-0.1, -0.05) is 32.4 Å². The van der Waals surface area contributed by atoms with Crippen LogP contribution in [0, 0.1) is 23.7 Å². The highest BCUT2D eigenvalue weighted by Gasteiger charge is 2.80. The van der Waals surface area contributed by atoms with E-state index in [0.29, 0.717) is 17.1 Å². The van der Waals surface area contributed by atoms with Crippen LogP contribution in [0.15, 0.2) is 24.3 Å². The van der Waals surface area contributed by atoms with E-state index in [0.717, 1.165) is 0 Å². The molecule has 3 aliphatic heterocycles. The Morgan fingerprint density at radius 2 is 1.97 bits per heavy atom. The smallest absolute Gasteiger partial charge is 0.312 e. The quantitative estimate of drug-likeness (QED) is 0.567. The molecule has 8 nitrogen and oxygen atoms in total. The van der Waals surface area contributed by atoms with Crippen LogP contribution in [-0.4, -0.2) is 64.3 Å². The van der Waals surface area contributed by atoms with Gasteiger partial charge in [-0.05, 0) is 56.4 Å². The van der Waals surface area contributed by atoms with Gasteiger partial charge >= 0.3 is 5.97 Å². The number of carbonyl (C=O) groups is 3. The monoisotopic (exact) mass is 492 g/mol. The molecule has 3 aliphatic rings. The topological polar surface area (TPSA) is 105 Å². The zero-order chi connectivity index (χ0) is 25.0. The normalized spacial score (nSPS) is 34.9. The molecule has 186 valence electrons. The first-order valence-corrected chi connectivity index (χ1v) is 12.3. The van der Waals surface area contributed by atoms with Crippen molar-refractivity contribution in [2.24, 2.45) is 23.7 Å². The molecule has 3 saturated heterocycles. The Morgan fingerprint density at radius 3 is 2.53 bits per heavy atom. The maximum Gasteiger partial charge on any atom is 0.312 e. The number of fused-ring (bicyclic) bond motifs is 1. The highest BCUT2D eigenvalue weighted by Crippen LogP contribution is 2.65. The first kappa shape index (κ1) is 24.9. The minimum Gasteiger partial charge on any atom is -0.466 e. The van der Waals surface area contributed by atoms with Crippen molar-refractivity contribution in [3.63, 3.8) is 0 Å². The lowest BCUT2D eigenvalue weighted by Gasteiger charge is -2.38. The molecule has 3 unspecified atom stereocenters. The van der Waals surface area contributed by atoms with Gasteiger partial charge in [0.25, 0.3) is 0 Å². The number of aliphatic hydroxyl groups excluding tert-OH is 1. The van der Waals surface area contributed by atoms with Crippen molar-refractivity contribution in [1.82, 2.24) is 4.90 Å². The number of carbonyl (C=O) groups excluding carboxylic acids is 3. The van der Waals surface area contributed by atoms with Gasteiger partial charge < -0.3 is 24.8 Å². The van der Waals surface area contributed by atoms with Crippen LogP contribution in [0.2, 0.25) is 5.02 Å². The molecule has 2 bridgehead atoms. The van der Waals surface area contributed by atoms with Crippen molar-refractivity contribution in [1.29, 1.82) is 0 Å². The number of halogens is 1. The number of aliphatic hydroxyl groups is 1. The average Bonchev–Trinajstić information content (AvgIpc) is 3.28. The van der Waals surface area contributed by atoms with Crippen molar-refractivity contribution in [2.75, 3.05) is 18.5 Å². The zero-order valence-electron chi connectivity index (χ0n) is 20.2. The maximum absolute atomic E-state index is 14.0. The molecule has 1 aromatic rings. The molecule has 2 amide bonds. The number of esters is 1. The minimum atomic E-state index is -1.19. The predicted octanol–water partition coefficient (Wildman–Crippen LogP) is 2.87. The Morgan fingerprint density at radius 1 is 1.32 bits per heavy atom. The molecule has 0 aliphatic carbocycles. The fourth-order valence-corrected chi connectivity index (χ4v) is 6.41. The second-order valence-electron chi connectivity index (χ2n) is 10.2. The third kappa shape index (κ3) is 3.53. The first-order valence-electron chi connectivity index (χ1n) is 11.9. The third-order valence-corrected chi connectivity index (χ3v) is 8.22. The number of amides is 2. The molecule has 34 heavy (non-hydrogen) atoms. The molecule has 0 radical (unpaired) electrons. The van der Waals surface area contributed by atoms with Crippen molar-refractivity contribution < 1.29 is 29.0 Å². The number of rotatable bonds is 7. The van der Waals surface area contributed by atoms with E-state index in [1.54, 1.807) is 31.2 Å². The number of hydrogen-bond donors (Lipinski definition) is 2. The van der Waals surface area contributed by atoms with Crippen molar-refractivity contribution >= 4 is 35.1 Å². The van der Waals surface area contributed by atoms with E-state index in [2.05, 4.69) is 5.32 Å². The lowest BCUT2D eigenvalue weighted by Crippen LogP contribution is -2.57. The second kappa shape index (κ2) is 8.81. The molecular formula is C25H33ClN2O6. The SMILES string of the molecule is CCOC(=O)[C@H]1[C@H]2C(=O)N([C@@H](CO)C(C)C)C(C(=O)Nc3ccc(Cl)cc3)C23CC(C)[C@]1(C)O3. The molecule has 0 aromatic heterocycles. The van der Waals surface area contributed by atoms with Crippen LogP contribution in [0.5, 0.6) is 0 Å². The van der Waals surface area contributed by atoms with E-state index in [1.165, 1.54) is 4.90 Å². The standard InChI is InChI=1S/C25H33ClN2O6/c1-6-33-23(32)19-18-22(31)28(17(12-29)13(2)3)20(25(18)11-14(4)24(19,5)34-25)21(30)27-16-9-7-15(26)8-10-16/h7-10,13-14,17-20,29H,6,11-12H2,1-5H3,(H,27,30)/t14?,17-,18-,19+,20?,24-,25?/m0/s1. The summed E-state index contributed by atoms with van der Waals surface area (Å²) >= 11 is 5.98. The minimum absolute atomic E-state index is 0.0802. The third-order valence-electron chi connectivity index (χ3n) is 7.97. The van der Waals surface area contributed by atoms with Crippen LogP contribution in [0.3, 0.4) is 0 Å². The van der Waals surface area contributed by atoms with E-state index in [4.69, 9.17) is 21.1 Å². The van der Waals surface area contributed by atoms with Crippen LogP contribution >= 0.6 is 11.6 Å². The summed E-state index contributed by atoms with van der Waals surface area (Å²) in [6.45, 7) is 9.18. The Balaban J connectivity index is 1.81. The van der Waals surface area contributed by atoms with Crippen molar-refractivity contribution in [3.05, 3.63) is 29.3 Å². The average molecular weight is 493 g/mol. The van der Waals surface area contributed by atoms with Gasteiger partial charge in [-0.2, -0.15) is 0 Å². The van der Waals surface area contributed by atoms with Crippen LogP contribution < -0.4 is 5.32 Å². The molecule has 1 aromatic carbocycles. The molecule has 1 spiro atoms. The van der Waals surface area contributed by atoms with Crippen LogP contribution in [-0.2, 0) is 23.9 Å². The van der Waals surface area contributed by atoms with Gasteiger partial charge in [0.1, 0.15) is 17.6 Å². The molecular weight excluding hydrogens is 460 g/mol. The molecule has 9 heteroatoms. The van der Waals surface area contributed by atoms with Crippen molar-refractivity contribution in [2.45, 2.75) is 64.3 Å². The fourth-order valence-electron chi connectivity index (χ4n) is 6.29. The van der Waals surface area contributed by atoms with Crippen molar-refractivity contribution in [3.8, 4) is 0 Å². The lowest BCUT2D eigenvalue weighted by molar-refractivity contribution is -0.162. The number of nitrogens with zero attached hydrogens (tertiary/aromatic N) is 1. The van der Waals surface area contributed by atoms with Crippen LogP contribution in [0.1, 0.15) is 41.0 Å². The molecule has 2 N–H and O–H groups in total. The largest absolute Gasteiger partial charge is 0.466 e. The number of hydrogen-bond acceptors (Lipinski definition) is 6. The van der Waals surface area contributed by atoms with Gasteiger partial charge in [0.2, 0.25) is 11.8 Å². The van der Waals surface area contributed by atoms with Gasteiger partial charge in [-0.15, -0.1) is 0 Å². The number of anilines is 1. The van der Waals surface area contributed by atoms with E-state index >= 15 is 0 Å². The van der Waals surface area contributed by atoms with Crippen LogP contribution in [0.4, 0.5) is 5.69 Å². The summed E-state index contributed by atoms with van der Waals surface area (Å²) in [6.07, 6.45) is 0.446. The highest BCUT2D eigenvalue weighted by molar-refractivity contribution is 6.30. The summed E-state index contributed by atoms with van der Waals surface area (Å²) < 4.78 is 12.0. The molecule has 3 fully saturated rings. The second-order valence-corrected chi connectivity index (χ2v) is 10.6. The van der Waals surface area contributed by atoms with Gasteiger partial charge in [0, 0.05) is 10.7 Å². The summed E-state index contributed by atoms with van der Waals surface area (Å²) in [5.74, 6) is -3.14. The molecule has 0 saturated carbocycles. The Kier molecular flexibility index (Phi) is 6.46. The van der Waals surface area contributed by atoms with E-state index in [-0.39, 0.29) is 31.0 Å². The number of likely N-dealkylation sites (tertiary alicyclic amines) is 1. The van der Waals surface area contributed by atoms with Gasteiger partial charge in [-0.25, -0.2) is 0 Å². The van der Waals surface area contributed by atoms with Gasteiger partial charge in [0.15, 0.2) is 0 Å². The van der Waals surface area contributed by atoms with Gasteiger partial charge in [0.05, 0.1) is 30.8 Å². The Labute approximate surface area is 204 Å². The van der Waals surface area contributed by atoms with Crippen LogP contribution in [0.25, 0.3) is 0 Å². The summed E-state index contributed by atoms with van der Waals surface area (Å²) in [6, 6.07) is 5.07. The Bertz CT molecular complexity index is 984. The summed E-state index contributed by atoms with van der Waals surface area (Å²) in [7, 11) is 0. The lowest BCUT2D eigenvalue weighted by atomic mass is 9.62. The summed E-state index contributed by atoms with van der Waals surface area (Å²) in [4.78, 5) is 42.4. The predicted molar refractivity (Wildman–Crippen MR) is 126 cm³/mol. The molecule has 7 atom stereocenters. The highest BCUT2D eigenvalue weighted by atomic mass is 35.5. The maximum atomic E-state index is 14.0. The summed E-state index contributed by atoms with van der Waals surface area (Å²) in [5.41, 5.74) is -1.59. The number of ether oxygens (including phenoxy) is 2. The van der Waals surface area contributed by atoms with Gasteiger partial charge in [-0.3, -0.25) is 14.4 Å². The number of nitrogens with one attached hydrogen (secondary N) is 1. The zero-order valence-corrected chi connectivity index (χ0v) is 21.0. The summed E-state index contributed by atoms with van der Waals surface area (Å²) in [5, 5.41) is 13.6. The molecule has 3 heterocycles. The molecule has 4 rings (SSSR count). The fraction of sp³-hybridized carbons (Fsp3) is 0.640. The first-order chi connectivity index (χ1) is 16.0. The Hall–Kier alpha value is -2.16.